The summed E-state index contributed by atoms with van der Waals surface area (Å²) in [5.41, 5.74) is 0.546. The molecule has 0 spiro atoms. The lowest BCUT2D eigenvalue weighted by atomic mass is 10.1. The highest BCUT2D eigenvalue weighted by Gasteiger charge is 2.30. The number of hydrogen-bond donors (Lipinski definition) is 1. The van der Waals surface area contributed by atoms with Crippen molar-refractivity contribution in [2.45, 2.75) is 33.0 Å². The molecule has 1 aliphatic rings. The van der Waals surface area contributed by atoms with Crippen molar-refractivity contribution in [2.75, 3.05) is 26.2 Å². The molecule has 1 fully saturated rings. The molecular formula is C20H23F3N4O2. The van der Waals surface area contributed by atoms with Crippen molar-refractivity contribution in [1.82, 2.24) is 19.8 Å². The Hall–Kier alpha value is -2.68. The zero-order valence-corrected chi connectivity index (χ0v) is 16.3. The Balaban J connectivity index is 1.57. The molecular weight excluding hydrogens is 385 g/mol. The molecule has 1 N–H and O–H groups in total. The first-order chi connectivity index (χ1) is 13.6. The van der Waals surface area contributed by atoms with Crippen molar-refractivity contribution in [1.29, 1.82) is 0 Å². The molecule has 0 atom stereocenters. The Kier molecular flexibility index (Phi) is 6.07. The second-order valence-corrected chi connectivity index (χ2v) is 7.25. The Morgan fingerprint density at radius 2 is 1.86 bits per heavy atom. The molecule has 3 rings (SSSR count). The largest absolute Gasteiger partial charge is 0.416 e. The van der Waals surface area contributed by atoms with Crippen LogP contribution in [0.2, 0.25) is 0 Å². The van der Waals surface area contributed by atoms with E-state index in [1.54, 1.807) is 24.8 Å². The maximum Gasteiger partial charge on any atom is 0.416 e. The first kappa shape index (κ1) is 21.0. The number of benzene rings is 1. The van der Waals surface area contributed by atoms with Gasteiger partial charge in [0.05, 0.1) is 12.0 Å². The van der Waals surface area contributed by atoms with E-state index < -0.39 is 11.7 Å². The van der Waals surface area contributed by atoms with Crippen LogP contribution < -0.4 is 5.56 Å². The third kappa shape index (κ3) is 5.23. The molecule has 1 aromatic carbocycles. The quantitative estimate of drug-likeness (QED) is 0.843. The van der Waals surface area contributed by atoms with Crippen LogP contribution in [0, 0.1) is 13.8 Å². The highest BCUT2D eigenvalue weighted by Crippen LogP contribution is 2.29. The lowest BCUT2D eigenvalue weighted by Crippen LogP contribution is -2.49. The summed E-state index contributed by atoms with van der Waals surface area (Å²) >= 11 is 0. The van der Waals surface area contributed by atoms with E-state index >= 15 is 0 Å². The summed E-state index contributed by atoms with van der Waals surface area (Å²) in [4.78, 5) is 35.2. The fourth-order valence-electron chi connectivity index (χ4n) is 3.48. The number of alkyl halides is 3. The normalized spacial score (nSPS) is 15.6. The van der Waals surface area contributed by atoms with E-state index in [0.29, 0.717) is 55.4 Å². The van der Waals surface area contributed by atoms with E-state index in [9.17, 15) is 22.8 Å². The van der Waals surface area contributed by atoms with E-state index in [0.717, 1.165) is 12.1 Å². The summed E-state index contributed by atoms with van der Waals surface area (Å²) in [6.45, 7) is 5.84. The predicted octanol–water partition coefficient (Wildman–Crippen LogP) is 2.29. The van der Waals surface area contributed by atoms with Crippen molar-refractivity contribution in [3.05, 3.63) is 62.8 Å². The molecule has 29 heavy (non-hydrogen) atoms. The molecule has 9 heteroatoms. The van der Waals surface area contributed by atoms with E-state index in [1.807, 2.05) is 4.90 Å². The SMILES string of the molecule is Cc1nc(C)c(CC(=O)N2CCN(Cc3cccc(C(F)(F)F)c3)CC2)c(=O)[nH]1. The minimum absolute atomic E-state index is 0.0118. The van der Waals surface area contributed by atoms with Gasteiger partial charge >= 0.3 is 6.18 Å². The number of carbonyl (C=O) groups excluding carboxylic acids is 1. The van der Waals surface area contributed by atoms with Gasteiger partial charge in [-0.2, -0.15) is 13.2 Å². The summed E-state index contributed by atoms with van der Waals surface area (Å²) in [6.07, 6.45) is -4.37. The lowest BCUT2D eigenvalue weighted by Gasteiger charge is -2.35. The van der Waals surface area contributed by atoms with Gasteiger partial charge in [0.1, 0.15) is 5.82 Å². The van der Waals surface area contributed by atoms with Crippen LogP contribution in [0.1, 0.15) is 28.2 Å². The Morgan fingerprint density at radius 3 is 2.48 bits per heavy atom. The summed E-state index contributed by atoms with van der Waals surface area (Å²) in [7, 11) is 0. The number of nitrogens with zero attached hydrogens (tertiary/aromatic N) is 3. The third-order valence-electron chi connectivity index (χ3n) is 5.05. The van der Waals surface area contributed by atoms with Crippen LogP contribution in [0.4, 0.5) is 13.2 Å². The van der Waals surface area contributed by atoms with Gasteiger partial charge in [-0.3, -0.25) is 14.5 Å². The standard InChI is InChI=1S/C20H23F3N4O2/c1-13-17(19(29)25-14(2)24-13)11-18(28)27-8-6-26(7-9-27)12-15-4-3-5-16(10-15)20(21,22)23/h3-5,10H,6-9,11-12H2,1-2H3,(H,24,25,29). The van der Waals surface area contributed by atoms with E-state index in [-0.39, 0.29) is 17.9 Å². The van der Waals surface area contributed by atoms with Crippen molar-refractivity contribution < 1.29 is 18.0 Å². The molecule has 0 aliphatic carbocycles. The smallest absolute Gasteiger partial charge is 0.340 e. The van der Waals surface area contributed by atoms with Gasteiger partial charge in [-0.1, -0.05) is 18.2 Å². The van der Waals surface area contributed by atoms with Gasteiger partial charge in [0.15, 0.2) is 0 Å². The van der Waals surface area contributed by atoms with Crippen molar-refractivity contribution in [3.63, 3.8) is 0 Å². The molecule has 0 radical (unpaired) electrons. The number of aromatic nitrogens is 2. The average Bonchev–Trinajstić information content (AvgIpc) is 2.64. The number of halogens is 3. The summed E-state index contributed by atoms with van der Waals surface area (Å²) in [5, 5.41) is 0. The lowest BCUT2D eigenvalue weighted by molar-refractivity contribution is -0.137. The molecule has 2 aromatic rings. The van der Waals surface area contributed by atoms with E-state index in [4.69, 9.17) is 0 Å². The van der Waals surface area contributed by atoms with Gasteiger partial charge in [0, 0.05) is 44.0 Å². The van der Waals surface area contributed by atoms with Gasteiger partial charge in [-0.15, -0.1) is 0 Å². The van der Waals surface area contributed by atoms with E-state index in [2.05, 4.69) is 9.97 Å². The molecule has 0 unspecified atom stereocenters. The molecule has 0 bridgehead atoms. The van der Waals surface area contributed by atoms with Gasteiger partial charge < -0.3 is 9.88 Å². The predicted molar refractivity (Wildman–Crippen MR) is 101 cm³/mol. The highest BCUT2D eigenvalue weighted by atomic mass is 19.4. The fraction of sp³-hybridized carbons (Fsp3) is 0.450. The van der Waals surface area contributed by atoms with Crippen LogP contribution in [-0.4, -0.2) is 51.9 Å². The van der Waals surface area contributed by atoms with Crippen LogP contribution in [0.25, 0.3) is 0 Å². The van der Waals surface area contributed by atoms with Crippen LogP contribution in [0.5, 0.6) is 0 Å². The summed E-state index contributed by atoms with van der Waals surface area (Å²) < 4.78 is 38.6. The number of H-pyrrole nitrogens is 1. The second-order valence-electron chi connectivity index (χ2n) is 7.25. The molecule has 1 aliphatic heterocycles. The summed E-state index contributed by atoms with van der Waals surface area (Å²) in [5.74, 6) is 0.356. The number of nitrogens with one attached hydrogen (secondary N) is 1. The maximum atomic E-state index is 12.9. The number of aryl methyl sites for hydroxylation is 2. The minimum atomic E-state index is -4.36. The zero-order chi connectivity index (χ0) is 21.2. The number of rotatable bonds is 4. The molecule has 0 saturated carbocycles. The van der Waals surface area contributed by atoms with Gasteiger partial charge in [0.2, 0.25) is 5.91 Å². The average molecular weight is 408 g/mol. The second kappa shape index (κ2) is 8.36. The Labute approximate surface area is 166 Å². The number of carbonyl (C=O) groups is 1. The zero-order valence-electron chi connectivity index (χ0n) is 16.3. The summed E-state index contributed by atoms with van der Waals surface area (Å²) in [6, 6.07) is 5.31. The van der Waals surface area contributed by atoms with Crippen LogP contribution in [-0.2, 0) is 23.9 Å². The fourth-order valence-corrected chi connectivity index (χ4v) is 3.48. The topological polar surface area (TPSA) is 69.3 Å². The molecule has 6 nitrogen and oxygen atoms in total. The monoisotopic (exact) mass is 408 g/mol. The molecule has 1 aromatic heterocycles. The van der Waals surface area contributed by atoms with Crippen LogP contribution >= 0.6 is 0 Å². The van der Waals surface area contributed by atoms with E-state index in [1.165, 1.54) is 6.07 Å². The number of aromatic amines is 1. The van der Waals surface area contributed by atoms with Crippen molar-refractivity contribution in [3.8, 4) is 0 Å². The Morgan fingerprint density at radius 1 is 1.17 bits per heavy atom. The molecule has 2 heterocycles. The molecule has 1 amide bonds. The van der Waals surface area contributed by atoms with Gasteiger partial charge in [-0.05, 0) is 25.5 Å². The van der Waals surface area contributed by atoms with Gasteiger partial charge in [-0.25, -0.2) is 4.98 Å². The minimum Gasteiger partial charge on any atom is -0.340 e. The van der Waals surface area contributed by atoms with Crippen molar-refractivity contribution >= 4 is 5.91 Å². The first-order valence-electron chi connectivity index (χ1n) is 9.36. The Bertz CT molecular complexity index is 947. The maximum absolute atomic E-state index is 12.9. The number of amides is 1. The first-order valence-corrected chi connectivity index (χ1v) is 9.36. The van der Waals surface area contributed by atoms with Crippen molar-refractivity contribution in [2.24, 2.45) is 0 Å². The number of hydrogen-bond acceptors (Lipinski definition) is 4. The molecule has 156 valence electrons. The van der Waals surface area contributed by atoms with Crippen LogP contribution in [0.15, 0.2) is 29.1 Å². The van der Waals surface area contributed by atoms with Gasteiger partial charge in [0.25, 0.3) is 5.56 Å². The highest BCUT2D eigenvalue weighted by molar-refractivity contribution is 5.79. The molecule has 1 saturated heterocycles. The third-order valence-corrected chi connectivity index (χ3v) is 5.05. The van der Waals surface area contributed by atoms with Crippen LogP contribution in [0.3, 0.4) is 0 Å². The number of piperazine rings is 1.